The summed E-state index contributed by atoms with van der Waals surface area (Å²) in [6, 6.07) is 9.56. The predicted molar refractivity (Wildman–Crippen MR) is 175 cm³/mol. The number of rotatable bonds is 10. The number of benzene rings is 1. The number of nitrogens with zero attached hydrogens (tertiary/aromatic N) is 2. The average molecular weight is 693 g/mol. The quantitative estimate of drug-likeness (QED) is 0.192. The van der Waals surface area contributed by atoms with Crippen LogP contribution in [0, 0.1) is 5.41 Å². The van der Waals surface area contributed by atoms with Gasteiger partial charge in [-0.2, -0.15) is 13.2 Å². The molecule has 10 nitrogen and oxygen atoms in total. The number of hydrogen-bond donors (Lipinski definition) is 5. The zero-order valence-corrected chi connectivity index (χ0v) is 28.2. The van der Waals surface area contributed by atoms with E-state index in [-0.39, 0.29) is 23.6 Å². The Balaban J connectivity index is 0.000000671. The van der Waals surface area contributed by atoms with Crippen molar-refractivity contribution in [3.05, 3.63) is 64.8 Å². The molecule has 2 aromatic heterocycles. The van der Waals surface area contributed by atoms with Gasteiger partial charge in [-0.1, -0.05) is 39.0 Å². The normalized spacial score (nSPS) is 18.6. The Morgan fingerprint density at radius 2 is 1.83 bits per heavy atom. The second-order valence-electron chi connectivity index (χ2n) is 13.7. The summed E-state index contributed by atoms with van der Waals surface area (Å²) in [4.78, 5) is 30.6. The molecule has 1 aliphatic heterocycles. The number of aliphatic carboxylic acids is 1. The molecule has 1 fully saturated rings. The van der Waals surface area contributed by atoms with E-state index in [0.717, 1.165) is 53.8 Å². The van der Waals surface area contributed by atoms with Crippen molar-refractivity contribution < 1.29 is 42.8 Å². The molecule has 0 unspecified atom stereocenters. The molecule has 1 aliphatic carbocycles. The number of aliphatic hydroxyl groups is 2. The van der Waals surface area contributed by atoms with Crippen molar-refractivity contribution in [3.63, 3.8) is 0 Å². The van der Waals surface area contributed by atoms with E-state index >= 15 is 0 Å². The third-order valence-corrected chi connectivity index (χ3v) is 9.07. The van der Waals surface area contributed by atoms with E-state index in [0.29, 0.717) is 12.3 Å². The maximum absolute atomic E-state index is 12.5. The fourth-order valence-electron chi connectivity index (χ4n) is 5.79. The van der Waals surface area contributed by atoms with E-state index in [4.69, 9.17) is 19.6 Å². The third-order valence-electron chi connectivity index (χ3n) is 8.25. The number of thiazole rings is 1. The number of fused-ring (bicyclic) bond motifs is 1. The molecule has 4 atom stereocenters. The van der Waals surface area contributed by atoms with Crippen LogP contribution in [0.4, 0.5) is 13.2 Å². The van der Waals surface area contributed by atoms with Gasteiger partial charge in [-0.15, -0.1) is 11.3 Å². The van der Waals surface area contributed by atoms with Gasteiger partial charge in [0.2, 0.25) is 11.8 Å². The molecule has 2 aliphatic rings. The van der Waals surface area contributed by atoms with Crippen molar-refractivity contribution >= 4 is 23.2 Å². The molecule has 1 amide bonds. The van der Waals surface area contributed by atoms with Crippen LogP contribution < -0.4 is 15.4 Å². The minimum atomic E-state index is -5.08. The van der Waals surface area contributed by atoms with E-state index in [1.165, 1.54) is 12.5 Å². The maximum atomic E-state index is 12.5. The van der Waals surface area contributed by atoms with Gasteiger partial charge in [-0.3, -0.25) is 4.79 Å². The molecule has 1 spiro atoms. The van der Waals surface area contributed by atoms with Gasteiger partial charge in [0.15, 0.2) is 0 Å². The summed E-state index contributed by atoms with van der Waals surface area (Å²) >= 11 is 1.56. The Morgan fingerprint density at radius 3 is 2.40 bits per heavy atom. The van der Waals surface area contributed by atoms with Crippen LogP contribution in [0.3, 0.4) is 0 Å². The average Bonchev–Trinajstić information content (AvgIpc) is 3.53. The van der Waals surface area contributed by atoms with E-state index in [2.05, 4.69) is 42.5 Å². The van der Waals surface area contributed by atoms with Crippen LogP contribution >= 0.6 is 11.3 Å². The second-order valence-corrected chi connectivity index (χ2v) is 14.6. The Labute approximate surface area is 281 Å². The predicted octanol–water partition coefficient (Wildman–Crippen LogP) is 5.23. The van der Waals surface area contributed by atoms with Gasteiger partial charge in [-0.25, -0.2) is 14.8 Å². The number of aromatic nitrogens is 2. The van der Waals surface area contributed by atoms with Crippen LogP contribution in [0.5, 0.6) is 5.88 Å². The number of amides is 1. The molecule has 48 heavy (non-hydrogen) atoms. The molecule has 3 heterocycles. The van der Waals surface area contributed by atoms with Crippen LogP contribution in [-0.2, 0) is 22.4 Å². The van der Waals surface area contributed by atoms with E-state index < -0.39 is 36.3 Å². The fraction of sp³-hybridized carbons (Fsp3) is 0.529. The Kier molecular flexibility index (Phi) is 11.9. The van der Waals surface area contributed by atoms with Gasteiger partial charge < -0.3 is 30.7 Å². The number of aliphatic hydroxyl groups excluding tert-OH is 2. The van der Waals surface area contributed by atoms with Crippen LogP contribution in [-0.4, -0.2) is 73.7 Å². The standard InChI is InChI=1S/C32H42N4O4S.C2HF3O2/c1-20(37)28(39)36-25(15-21-7-5-8-23(13-21)30-33-11-12-41-30)27(38)19-34-26-17-32(9-6-10-32)40-29-24(26)14-22(18-35-29)16-31(2,3)4;3-2(4,5)1(6)7/h5,7-8,11-14,18,20,25-27,34,37-38H,6,9-10,15-17,19H2,1-4H3,(H,36,39);(H,6,7)/t20-,25+,26+,27-;/m1./s1. The molecular weight excluding hydrogens is 649 g/mol. The Hall–Kier alpha value is -3.59. The fourth-order valence-corrected chi connectivity index (χ4v) is 6.43. The number of carbonyl (C=O) groups excluding carboxylic acids is 1. The number of halogens is 3. The lowest BCUT2D eigenvalue weighted by molar-refractivity contribution is -0.192. The SMILES string of the molecule is C[C@@H](O)C(=O)N[C@@H](Cc1cccc(-c2nccs2)c1)[C@H](O)CN[C@H]1CC2(CCC2)Oc2ncc(CC(C)(C)C)cc21.O=C(O)C(F)(F)F. The summed E-state index contributed by atoms with van der Waals surface area (Å²) < 4.78 is 38.2. The van der Waals surface area contributed by atoms with Gasteiger partial charge >= 0.3 is 12.1 Å². The molecule has 5 rings (SSSR count). The summed E-state index contributed by atoms with van der Waals surface area (Å²) in [5, 5.41) is 37.8. The van der Waals surface area contributed by atoms with Crippen molar-refractivity contribution in [2.75, 3.05) is 6.54 Å². The highest BCUT2D eigenvalue weighted by molar-refractivity contribution is 7.13. The largest absolute Gasteiger partial charge is 0.490 e. The van der Waals surface area contributed by atoms with Crippen molar-refractivity contribution in [2.45, 2.75) is 102 Å². The highest BCUT2D eigenvalue weighted by atomic mass is 32.1. The lowest BCUT2D eigenvalue weighted by Crippen LogP contribution is -2.53. The first-order valence-electron chi connectivity index (χ1n) is 15.8. The number of carbonyl (C=O) groups is 2. The molecule has 14 heteroatoms. The van der Waals surface area contributed by atoms with Gasteiger partial charge in [0.1, 0.15) is 16.7 Å². The second kappa shape index (κ2) is 15.3. The molecule has 1 saturated carbocycles. The van der Waals surface area contributed by atoms with E-state index in [9.17, 15) is 28.2 Å². The van der Waals surface area contributed by atoms with Gasteiger partial charge in [-0.05, 0) is 67.7 Å². The van der Waals surface area contributed by atoms with Crippen LogP contribution in [0.25, 0.3) is 10.6 Å². The zero-order chi connectivity index (χ0) is 35.3. The number of pyridine rings is 1. The summed E-state index contributed by atoms with van der Waals surface area (Å²) in [5.41, 5.74) is 4.08. The first-order valence-corrected chi connectivity index (χ1v) is 16.7. The van der Waals surface area contributed by atoms with Crippen molar-refractivity contribution in [1.82, 2.24) is 20.6 Å². The molecule has 5 N–H and O–H groups in total. The lowest BCUT2D eigenvalue weighted by atomic mass is 9.73. The van der Waals surface area contributed by atoms with Gasteiger partial charge in [0.05, 0.1) is 12.1 Å². The number of nitrogens with one attached hydrogen (secondary N) is 2. The summed E-state index contributed by atoms with van der Waals surface area (Å²) in [6.45, 7) is 8.34. The van der Waals surface area contributed by atoms with E-state index in [1.807, 2.05) is 35.8 Å². The number of carboxylic acids is 1. The third kappa shape index (κ3) is 10.2. The smallest absolute Gasteiger partial charge is 0.475 e. The first kappa shape index (κ1) is 37.2. The highest BCUT2D eigenvalue weighted by Crippen LogP contribution is 2.48. The molecule has 3 aromatic rings. The monoisotopic (exact) mass is 692 g/mol. The molecule has 0 bridgehead atoms. The number of hydrogen-bond acceptors (Lipinski definition) is 9. The lowest BCUT2D eigenvalue weighted by Gasteiger charge is -2.47. The summed E-state index contributed by atoms with van der Waals surface area (Å²) in [5.74, 6) is -2.59. The zero-order valence-electron chi connectivity index (χ0n) is 27.4. The molecule has 262 valence electrons. The van der Waals surface area contributed by atoms with Gasteiger partial charge in [0, 0.05) is 47.9 Å². The molecule has 1 aromatic carbocycles. The minimum absolute atomic E-state index is 0.0255. The number of alkyl halides is 3. The summed E-state index contributed by atoms with van der Waals surface area (Å²) in [7, 11) is 0. The Morgan fingerprint density at radius 1 is 1.12 bits per heavy atom. The van der Waals surface area contributed by atoms with Crippen molar-refractivity contribution in [1.29, 1.82) is 0 Å². The van der Waals surface area contributed by atoms with Crippen molar-refractivity contribution in [2.24, 2.45) is 5.41 Å². The topological polar surface area (TPSA) is 154 Å². The minimum Gasteiger partial charge on any atom is -0.475 e. The van der Waals surface area contributed by atoms with Crippen LogP contribution in [0.1, 0.15) is 76.1 Å². The number of ether oxygens (including phenoxy) is 1. The highest BCUT2D eigenvalue weighted by Gasteiger charge is 2.46. The molecule has 0 radical (unpaired) electrons. The van der Waals surface area contributed by atoms with Crippen LogP contribution in [0.2, 0.25) is 0 Å². The molecular formula is C34H43F3N4O6S. The first-order chi connectivity index (χ1) is 22.4. The Bertz CT molecular complexity index is 1540. The van der Waals surface area contributed by atoms with Crippen molar-refractivity contribution in [3.8, 4) is 16.5 Å². The van der Waals surface area contributed by atoms with Gasteiger partial charge in [0.25, 0.3) is 0 Å². The summed E-state index contributed by atoms with van der Waals surface area (Å²) in [6.07, 6.45) is 1.82. The number of carboxylic acid groups (broad SMARTS) is 1. The van der Waals surface area contributed by atoms with E-state index in [1.54, 1.807) is 17.5 Å². The maximum Gasteiger partial charge on any atom is 0.490 e. The molecule has 0 saturated heterocycles. The van der Waals surface area contributed by atoms with Crippen LogP contribution in [0.15, 0.2) is 48.1 Å².